The molecule has 1 spiro atoms. The van der Waals surface area contributed by atoms with Crippen LogP contribution in [0.5, 0.6) is 0 Å². The van der Waals surface area contributed by atoms with E-state index < -0.39 is 20.0 Å². The van der Waals surface area contributed by atoms with Gasteiger partial charge in [-0.25, -0.2) is 0 Å². The first kappa shape index (κ1) is 37.4. The Morgan fingerprint density at radius 2 is 1.94 bits per heavy atom. The van der Waals surface area contributed by atoms with Gasteiger partial charge in [-0.2, -0.15) is 0 Å². The van der Waals surface area contributed by atoms with Crippen molar-refractivity contribution in [3.63, 3.8) is 0 Å². The van der Waals surface area contributed by atoms with Gasteiger partial charge < -0.3 is 29.8 Å². The standard InChI is InChI=1S/C40H52N6O5Si/c1-26(2)10-9-11-27(3)16-20-46-35-15-14-30(42-37(48)22-29-24-41-34-13-8-7-12-32(29)34)23-33(35)40(39(46)49)28(4)38(52(5,6)50)36(51-40)17-19-45-25-31(18-21-47)43-44-45/h7-8,10,12-16,23-25,28,36,38,41,47,50H,9,11,17-22H2,1-6H3,(H,42,48)/b27-16+/t28-,36+,38-,40+/m1/s1. The maximum Gasteiger partial charge on any atom is 0.264 e. The number of benzene rings is 2. The number of aromatic amines is 1. The van der Waals surface area contributed by atoms with Crippen molar-refractivity contribution in [1.29, 1.82) is 0 Å². The third kappa shape index (κ3) is 7.56. The number of H-pyrrole nitrogens is 1. The number of nitrogens with one attached hydrogen (secondary N) is 2. The molecule has 1 saturated heterocycles. The highest BCUT2D eigenvalue weighted by Crippen LogP contribution is 2.60. The Kier molecular flexibility index (Phi) is 11.0. The molecule has 12 heteroatoms. The first-order valence-electron chi connectivity index (χ1n) is 18.3. The molecule has 0 aliphatic carbocycles. The highest BCUT2D eigenvalue weighted by Gasteiger charge is 2.66. The lowest BCUT2D eigenvalue weighted by Crippen LogP contribution is -2.46. The number of nitrogens with zero attached hydrogens (tertiary/aromatic N) is 4. The van der Waals surface area contributed by atoms with Crippen LogP contribution in [0, 0.1) is 5.92 Å². The predicted octanol–water partition coefficient (Wildman–Crippen LogP) is 6.40. The van der Waals surface area contributed by atoms with E-state index in [0.717, 1.165) is 35.0 Å². The number of aromatic nitrogens is 4. The number of hydrogen-bond acceptors (Lipinski definition) is 7. The van der Waals surface area contributed by atoms with Gasteiger partial charge in [-0.15, -0.1) is 5.10 Å². The van der Waals surface area contributed by atoms with E-state index in [9.17, 15) is 19.5 Å². The van der Waals surface area contributed by atoms with Crippen LogP contribution >= 0.6 is 0 Å². The number of para-hydroxylation sites is 1. The fourth-order valence-corrected chi connectivity index (χ4v) is 10.7. The molecule has 6 rings (SSSR count). The van der Waals surface area contributed by atoms with Gasteiger partial charge in [0.15, 0.2) is 13.9 Å². The first-order valence-corrected chi connectivity index (χ1v) is 21.3. The molecule has 0 bridgehead atoms. The van der Waals surface area contributed by atoms with Gasteiger partial charge in [-0.05, 0) is 83.0 Å². The summed E-state index contributed by atoms with van der Waals surface area (Å²) >= 11 is 0. The highest BCUT2D eigenvalue weighted by molar-refractivity contribution is 6.71. The Balaban J connectivity index is 1.32. The van der Waals surface area contributed by atoms with Crippen molar-refractivity contribution in [2.75, 3.05) is 23.4 Å². The van der Waals surface area contributed by atoms with Crippen LogP contribution in [0.2, 0.25) is 18.6 Å². The molecule has 4 heterocycles. The third-order valence-electron chi connectivity index (χ3n) is 10.6. The van der Waals surface area contributed by atoms with Gasteiger partial charge in [-0.3, -0.25) is 14.3 Å². The molecule has 2 amide bonds. The molecule has 276 valence electrons. The topological polar surface area (TPSA) is 146 Å². The summed E-state index contributed by atoms with van der Waals surface area (Å²) in [6.45, 7) is 13.0. The Morgan fingerprint density at radius 3 is 2.69 bits per heavy atom. The number of amides is 2. The highest BCUT2D eigenvalue weighted by atomic mass is 28.4. The van der Waals surface area contributed by atoms with Crippen LogP contribution < -0.4 is 10.2 Å². The zero-order chi connectivity index (χ0) is 37.2. The number of fused-ring (bicyclic) bond motifs is 3. The van der Waals surface area contributed by atoms with Crippen LogP contribution in [0.25, 0.3) is 10.9 Å². The lowest BCUT2D eigenvalue weighted by Gasteiger charge is -2.32. The third-order valence-corrected chi connectivity index (χ3v) is 13.1. The van der Waals surface area contributed by atoms with Crippen molar-refractivity contribution in [3.8, 4) is 0 Å². The number of anilines is 2. The average molecular weight is 725 g/mol. The normalized spacial score (nSPS) is 21.7. The number of aryl methyl sites for hydroxylation is 1. The van der Waals surface area contributed by atoms with Crippen molar-refractivity contribution in [2.24, 2.45) is 5.92 Å². The molecule has 2 aliphatic heterocycles. The van der Waals surface area contributed by atoms with Crippen molar-refractivity contribution in [2.45, 2.75) is 96.7 Å². The van der Waals surface area contributed by atoms with Gasteiger partial charge in [0, 0.05) is 72.1 Å². The summed E-state index contributed by atoms with van der Waals surface area (Å²) in [5.41, 5.74) is 5.51. The molecule has 2 aromatic carbocycles. The van der Waals surface area contributed by atoms with Crippen LogP contribution in [-0.2, 0) is 39.3 Å². The number of aliphatic hydroxyl groups excluding tert-OH is 1. The van der Waals surface area contributed by atoms with E-state index in [-0.39, 0.29) is 36.3 Å². The number of aliphatic hydroxyl groups is 1. The average Bonchev–Trinajstić information content (AvgIpc) is 3.84. The van der Waals surface area contributed by atoms with Crippen molar-refractivity contribution >= 4 is 42.4 Å². The second-order valence-electron chi connectivity index (χ2n) is 15.2. The molecule has 4 N–H and O–H groups in total. The number of carbonyl (C=O) groups excluding carboxylic acids is 2. The summed E-state index contributed by atoms with van der Waals surface area (Å²) in [6, 6.07) is 13.6. The first-order chi connectivity index (χ1) is 24.8. The van der Waals surface area contributed by atoms with Crippen molar-refractivity contribution in [1.82, 2.24) is 20.0 Å². The number of hydrogen-bond donors (Lipinski definition) is 4. The zero-order valence-corrected chi connectivity index (χ0v) is 32.1. The molecular weight excluding hydrogens is 673 g/mol. The van der Waals surface area contributed by atoms with Gasteiger partial charge >= 0.3 is 0 Å². The largest absolute Gasteiger partial charge is 0.432 e. The van der Waals surface area contributed by atoms with E-state index in [1.54, 1.807) is 9.58 Å². The van der Waals surface area contributed by atoms with Crippen LogP contribution in [0.15, 0.2) is 78.2 Å². The van der Waals surface area contributed by atoms with Gasteiger partial charge in [0.1, 0.15) is 0 Å². The van der Waals surface area contributed by atoms with Crippen molar-refractivity contribution in [3.05, 3.63) is 95.0 Å². The Morgan fingerprint density at radius 1 is 1.15 bits per heavy atom. The molecule has 0 unspecified atom stereocenters. The summed E-state index contributed by atoms with van der Waals surface area (Å²) in [7, 11) is -2.89. The maximum atomic E-state index is 14.9. The second-order valence-corrected chi connectivity index (χ2v) is 19.2. The van der Waals surface area contributed by atoms with Crippen LogP contribution in [0.3, 0.4) is 0 Å². The number of allylic oxidation sites excluding steroid dienone is 3. The number of ether oxygens (including phenoxy) is 1. The molecule has 4 atom stereocenters. The van der Waals surface area contributed by atoms with Crippen LogP contribution in [0.4, 0.5) is 11.4 Å². The van der Waals surface area contributed by atoms with Gasteiger partial charge in [0.2, 0.25) is 5.91 Å². The molecule has 52 heavy (non-hydrogen) atoms. The minimum absolute atomic E-state index is 0.00942. The minimum atomic E-state index is -2.89. The molecule has 2 aliphatic rings. The summed E-state index contributed by atoms with van der Waals surface area (Å²) in [5.74, 6) is -0.660. The minimum Gasteiger partial charge on any atom is -0.432 e. The Labute approximate surface area is 306 Å². The monoisotopic (exact) mass is 724 g/mol. The van der Waals surface area contributed by atoms with E-state index in [1.165, 1.54) is 11.1 Å². The maximum absolute atomic E-state index is 14.9. The summed E-state index contributed by atoms with van der Waals surface area (Å²) in [4.78, 5) is 45.1. The van der Waals surface area contributed by atoms with Crippen LogP contribution in [-0.4, -0.2) is 69.3 Å². The Bertz CT molecular complexity index is 1990. The molecule has 0 radical (unpaired) electrons. The summed E-state index contributed by atoms with van der Waals surface area (Å²) < 4.78 is 8.76. The zero-order valence-electron chi connectivity index (χ0n) is 31.1. The molecule has 4 aromatic rings. The SMILES string of the molecule is CC(C)=CCC/C(C)=C/CN1C(=O)[C@@]2(O[C@@H](CCn3cc(CCO)nn3)[C@H]([Si](C)(C)O)[C@H]2C)c2cc(NC(=O)Cc3c[nH]c4ccccc34)ccc21. The quantitative estimate of drug-likeness (QED) is 0.0870. The Hall–Kier alpha value is -4.36. The predicted molar refractivity (Wildman–Crippen MR) is 206 cm³/mol. The second kappa shape index (κ2) is 15.3. The molecule has 2 aromatic heterocycles. The van der Waals surface area contributed by atoms with E-state index >= 15 is 0 Å². The molecule has 1 fully saturated rings. The van der Waals surface area contributed by atoms with E-state index in [4.69, 9.17) is 4.74 Å². The van der Waals surface area contributed by atoms with E-state index in [0.29, 0.717) is 42.9 Å². The summed E-state index contributed by atoms with van der Waals surface area (Å²) in [6.07, 6.45) is 10.6. The molecule has 0 saturated carbocycles. The molecule has 11 nitrogen and oxygen atoms in total. The lowest BCUT2D eigenvalue weighted by molar-refractivity contribution is -0.145. The van der Waals surface area contributed by atoms with Crippen molar-refractivity contribution < 1.29 is 24.2 Å². The fraction of sp³-hybridized carbons (Fsp3) is 0.450. The fourth-order valence-electron chi connectivity index (χ4n) is 8.14. The van der Waals surface area contributed by atoms with Gasteiger partial charge in [0.05, 0.1) is 23.9 Å². The lowest BCUT2D eigenvalue weighted by atomic mass is 9.82. The van der Waals surface area contributed by atoms with E-state index in [1.807, 2.05) is 74.9 Å². The summed E-state index contributed by atoms with van der Waals surface area (Å²) in [5, 5.41) is 21.8. The number of carbonyl (C=O) groups is 2. The van der Waals surface area contributed by atoms with Gasteiger partial charge in [-0.1, -0.05) is 53.6 Å². The number of rotatable bonds is 14. The van der Waals surface area contributed by atoms with Crippen LogP contribution in [0.1, 0.15) is 63.8 Å². The molecular formula is C40H52N6O5Si. The smallest absolute Gasteiger partial charge is 0.264 e. The van der Waals surface area contributed by atoms with E-state index in [2.05, 4.69) is 53.5 Å². The van der Waals surface area contributed by atoms with Gasteiger partial charge in [0.25, 0.3) is 5.91 Å².